The average molecular weight is 390 g/mol. The molecule has 5 nitrogen and oxygen atoms in total. The molecule has 6 heteroatoms. The van der Waals surface area contributed by atoms with Crippen LogP contribution in [-0.2, 0) is 4.79 Å². The van der Waals surface area contributed by atoms with E-state index in [1.165, 1.54) is 6.42 Å². The fourth-order valence-corrected chi connectivity index (χ4v) is 5.23. The van der Waals surface area contributed by atoms with Gasteiger partial charge in [0.2, 0.25) is 5.91 Å². The number of likely N-dealkylation sites (tertiary alicyclic amines) is 1. The minimum absolute atomic E-state index is 0.0302. The fourth-order valence-electron chi connectivity index (χ4n) is 5.10. The Morgan fingerprint density at radius 3 is 2.59 bits per heavy atom. The standard InChI is InChI=1S/C21H28ClN3O2/c1-24(17-10-11-23-13-17)21(27)19-12-15-4-2-3-5-18(15)25(19)20(26)14-6-8-16(22)9-7-14/h6-9,15,17-19,23H,2-5,10-13H2,1H3. The van der Waals surface area contributed by atoms with E-state index in [0.29, 0.717) is 16.5 Å². The zero-order valence-electron chi connectivity index (χ0n) is 15.9. The van der Waals surface area contributed by atoms with Crippen molar-refractivity contribution in [1.29, 1.82) is 0 Å². The highest BCUT2D eigenvalue weighted by atomic mass is 35.5. The molecular formula is C21H28ClN3O2. The van der Waals surface area contributed by atoms with Gasteiger partial charge >= 0.3 is 0 Å². The molecule has 1 N–H and O–H groups in total. The predicted molar refractivity (Wildman–Crippen MR) is 106 cm³/mol. The van der Waals surface area contributed by atoms with Gasteiger partial charge in [-0.25, -0.2) is 0 Å². The molecule has 0 aromatic heterocycles. The lowest BCUT2D eigenvalue weighted by atomic mass is 9.84. The Labute approximate surface area is 166 Å². The van der Waals surface area contributed by atoms with Gasteiger partial charge in [-0.2, -0.15) is 0 Å². The summed E-state index contributed by atoms with van der Waals surface area (Å²) in [6, 6.07) is 7.11. The van der Waals surface area contributed by atoms with E-state index >= 15 is 0 Å². The number of rotatable bonds is 3. The number of likely N-dealkylation sites (N-methyl/N-ethyl adjacent to an activating group) is 1. The summed E-state index contributed by atoms with van der Waals surface area (Å²) < 4.78 is 0. The lowest BCUT2D eigenvalue weighted by molar-refractivity contribution is -0.136. The maximum atomic E-state index is 13.4. The summed E-state index contributed by atoms with van der Waals surface area (Å²) in [5.74, 6) is 0.511. The number of halogens is 1. The van der Waals surface area contributed by atoms with E-state index in [4.69, 9.17) is 11.6 Å². The van der Waals surface area contributed by atoms with Gasteiger partial charge in [-0.15, -0.1) is 0 Å². The second kappa shape index (κ2) is 7.80. The van der Waals surface area contributed by atoms with Crippen molar-refractivity contribution in [3.8, 4) is 0 Å². The first-order valence-corrected chi connectivity index (χ1v) is 10.5. The van der Waals surface area contributed by atoms with Gasteiger partial charge in [-0.3, -0.25) is 9.59 Å². The molecule has 27 heavy (non-hydrogen) atoms. The molecule has 2 amide bonds. The summed E-state index contributed by atoms with van der Waals surface area (Å²) in [4.78, 5) is 30.5. The largest absolute Gasteiger partial charge is 0.340 e. The molecule has 0 radical (unpaired) electrons. The summed E-state index contributed by atoms with van der Waals surface area (Å²) in [5, 5.41) is 3.94. The van der Waals surface area contributed by atoms with Gasteiger partial charge in [0.25, 0.3) is 5.91 Å². The Hall–Kier alpha value is -1.59. The first-order chi connectivity index (χ1) is 13.1. The minimum Gasteiger partial charge on any atom is -0.340 e. The molecule has 4 atom stereocenters. The summed E-state index contributed by atoms with van der Waals surface area (Å²) in [7, 11) is 1.90. The van der Waals surface area contributed by atoms with Gasteiger partial charge in [-0.1, -0.05) is 24.4 Å². The molecular weight excluding hydrogens is 362 g/mol. The molecule has 146 valence electrons. The number of amides is 2. The van der Waals surface area contributed by atoms with Gasteiger partial charge < -0.3 is 15.1 Å². The molecule has 1 aliphatic carbocycles. The number of carbonyl (C=O) groups excluding carboxylic acids is 2. The maximum Gasteiger partial charge on any atom is 0.254 e. The van der Waals surface area contributed by atoms with E-state index in [1.54, 1.807) is 24.3 Å². The van der Waals surface area contributed by atoms with Gasteiger partial charge in [-0.05, 0) is 62.4 Å². The molecule has 1 aromatic rings. The summed E-state index contributed by atoms with van der Waals surface area (Å²) in [6.07, 6.45) is 6.23. The minimum atomic E-state index is -0.341. The highest BCUT2D eigenvalue weighted by Gasteiger charge is 2.48. The quantitative estimate of drug-likeness (QED) is 0.864. The Morgan fingerprint density at radius 2 is 1.89 bits per heavy atom. The van der Waals surface area contributed by atoms with Crippen LogP contribution in [0.2, 0.25) is 5.02 Å². The van der Waals surface area contributed by atoms with Crippen LogP contribution in [0.25, 0.3) is 0 Å². The predicted octanol–water partition coefficient (Wildman–Crippen LogP) is 2.93. The highest BCUT2D eigenvalue weighted by molar-refractivity contribution is 6.30. The zero-order valence-corrected chi connectivity index (χ0v) is 16.6. The molecule has 3 aliphatic rings. The van der Waals surface area contributed by atoms with Crippen LogP contribution < -0.4 is 5.32 Å². The molecule has 0 bridgehead atoms. The third-order valence-electron chi connectivity index (χ3n) is 6.63. The van der Waals surface area contributed by atoms with Crippen LogP contribution >= 0.6 is 11.6 Å². The maximum absolute atomic E-state index is 13.4. The van der Waals surface area contributed by atoms with Gasteiger partial charge in [0.1, 0.15) is 6.04 Å². The number of nitrogens with one attached hydrogen (secondary N) is 1. The van der Waals surface area contributed by atoms with Crippen LogP contribution in [0, 0.1) is 5.92 Å². The highest BCUT2D eigenvalue weighted by Crippen LogP contribution is 2.41. The molecule has 2 aliphatic heterocycles. The molecule has 4 unspecified atom stereocenters. The second-order valence-corrected chi connectivity index (χ2v) is 8.61. The van der Waals surface area contributed by atoms with E-state index in [9.17, 15) is 9.59 Å². The van der Waals surface area contributed by atoms with Crippen molar-refractivity contribution < 1.29 is 9.59 Å². The van der Waals surface area contributed by atoms with E-state index in [2.05, 4.69) is 5.32 Å². The van der Waals surface area contributed by atoms with E-state index in [-0.39, 0.29) is 29.9 Å². The molecule has 3 fully saturated rings. The third kappa shape index (κ3) is 3.59. The normalized spacial score (nSPS) is 30.2. The van der Waals surface area contributed by atoms with Crippen LogP contribution in [0.4, 0.5) is 0 Å². The fraction of sp³-hybridized carbons (Fsp3) is 0.619. The summed E-state index contributed by atoms with van der Waals surface area (Å²) in [5.41, 5.74) is 0.619. The van der Waals surface area contributed by atoms with Crippen LogP contribution in [0.3, 0.4) is 0 Å². The van der Waals surface area contributed by atoms with Gasteiger partial charge in [0, 0.05) is 36.3 Å². The molecule has 0 spiro atoms. The lowest BCUT2D eigenvalue weighted by Gasteiger charge is -2.35. The Morgan fingerprint density at radius 1 is 1.15 bits per heavy atom. The van der Waals surface area contributed by atoms with Crippen molar-refractivity contribution in [2.24, 2.45) is 5.92 Å². The van der Waals surface area contributed by atoms with Gasteiger partial charge in [0.05, 0.1) is 0 Å². The van der Waals surface area contributed by atoms with Crippen molar-refractivity contribution >= 4 is 23.4 Å². The molecule has 1 saturated carbocycles. The first kappa shape index (κ1) is 18.8. The third-order valence-corrected chi connectivity index (χ3v) is 6.88. The van der Waals surface area contributed by atoms with Crippen molar-refractivity contribution in [3.05, 3.63) is 34.9 Å². The average Bonchev–Trinajstić information content (AvgIpc) is 3.34. The van der Waals surface area contributed by atoms with Crippen LogP contribution in [0.5, 0.6) is 0 Å². The number of nitrogens with zero attached hydrogens (tertiary/aromatic N) is 2. The summed E-state index contributed by atoms with van der Waals surface area (Å²) in [6.45, 7) is 1.79. The van der Waals surface area contributed by atoms with Gasteiger partial charge in [0.15, 0.2) is 0 Å². The topological polar surface area (TPSA) is 52.7 Å². The van der Waals surface area contributed by atoms with E-state index in [1.807, 2.05) is 16.8 Å². The van der Waals surface area contributed by atoms with Crippen molar-refractivity contribution in [2.45, 2.75) is 56.7 Å². The zero-order chi connectivity index (χ0) is 19.0. The van der Waals surface area contributed by atoms with Crippen molar-refractivity contribution in [3.63, 3.8) is 0 Å². The van der Waals surface area contributed by atoms with Crippen LogP contribution in [0.15, 0.2) is 24.3 Å². The number of fused-ring (bicyclic) bond motifs is 1. The van der Waals surface area contributed by atoms with Crippen LogP contribution in [-0.4, -0.2) is 59.9 Å². The summed E-state index contributed by atoms with van der Waals surface area (Å²) >= 11 is 5.99. The Bertz CT molecular complexity index is 702. The number of carbonyl (C=O) groups is 2. The Kier molecular flexibility index (Phi) is 5.42. The molecule has 2 saturated heterocycles. The van der Waals surface area contributed by atoms with Crippen LogP contribution in [0.1, 0.15) is 48.9 Å². The number of benzene rings is 1. The first-order valence-electron chi connectivity index (χ1n) is 10.1. The van der Waals surface area contributed by atoms with E-state index < -0.39 is 0 Å². The van der Waals surface area contributed by atoms with Crippen molar-refractivity contribution in [2.75, 3.05) is 20.1 Å². The lowest BCUT2D eigenvalue weighted by Crippen LogP contribution is -2.52. The smallest absolute Gasteiger partial charge is 0.254 e. The molecule has 1 aromatic carbocycles. The Balaban J connectivity index is 1.60. The SMILES string of the molecule is CN(C(=O)C1CC2CCCCC2N1C(=O)c1ccc(Cl)cc1)C1CCNC1. The number of hydrogen-bond acceptors (Lipinski definition) is 3. The molecule has 2 heterocycles. The van der Waals surface area contributed by atoms with E-state index in [0.717, 1.165) is 45.2 Å². The molecule has 4 rings (SSSR count). The van der Waals surface area contributed by atoms with Crippen molar-refractivity contribution in [1.82, 2.24) is 15.1 Å². The second-order valence-electron chi connectivity index (χ2n) is 8.18. The monoisotopic (exact) mass is 389 g/mol. The number of hydrogen-bond donors (Lipinski definition) is 1.